The van der Waals surface area contributed by atoms with Crippen LogP contribution >= 0.6 is 0 Å². The Morgan fingerprint density at radius 2 is 1.96 bits per heavy atom. The van der Waals surface area contributed by atoms with Gasteiger partial charge in [-0.1, -0.05) is 12.1 Å². The number of aromatic nitrogens is 2. The van der Waals surface area contributed by atoms with Crippen molar-refractivity contribution in [3.05, 3.63) is 48.3 Å². The number of fused-ring (bicyclic) bond motifs is 1. The minimum Gasteiger partial charge on any atom is -0.507 e. The predicted octanol–water partition coefficient (Wildman–Crippen LogP) is 3.70. The molecule has 6 heteroatoms. The highest BCUT2D eigenvalue weighted by Crippen LogP contribution is 2.31. The number of anilines is 1. The molecule has 134 valence electrons. The zero-order valence-corrected chi connectivity index (χ0v) is 14.4. The number of rotatable bonds is 3. The summed E-state index contributed by atoms with van der Waals surface area (Å²) < 4.78 is 13.7. The van der Waals surface area contributed by atoms with Crippen LogP contribution in [0.3, 0.4) is 0 Å². The zero-order valence-electron chi connectivity index (χ0n) is 14.4. The summed E-state index contributed by atoms with van der Waals surface area (Å²) >= 11 is 0. The largest absolute Gasteiger partial charge is 0.507 e. The first-order chi connectivity index (χ1) is 12.7. The quantitative estimate of drug-likeness (QED) is 0.671. The monoisotopic (exact) mass is 352 g/mol. The van der Waals surface area contributed by atoms with Crippen LogP contribution in [0, 0.1) is 5.82 Å². The highest BCUT2D eigenvalue weighted by Gasteiger charge is 2.17. The van der Waals surface area contributed by atoms with Crippen LogP contribution in [0.4, 0.5) is 10.2 Å². The van der Waals surface area contributed by atoms with Crippen molar-refractivity contribution in [2.24, 2.45) is 0 Å². The van der Waals surface area contributed by atoms with Gasteiger partial charge in [0.05, 0.1) is 11.1 Å². The molecule has 0 saturated carbocycles. The molecule has 1 aliphatic heterocycles. The number of para-hydroxylation sites is 1. The third-order valence-corrected chi connectivity index (χ3v) is 4.72. The Hall–Kier alpha value is -2.73. The Labute approximate surface area is 151 Å². The second kappa shape index (κ2) is 7.25. The Kier molecular flexibility index (Phi) is 4.67. The number of phenolic OH excluding ortho intramolecular Hbond substituents is 1. The summed E-state index contributed by atoms with van der Waals surface area (Å²) in [5, 5.41) is 18.0. The van der Waals surface area contributed by atoms with Gasteiger partial charge >= 0.3 is 0 Å². The molecule has 26 heavy (non-hydrogen) atoms. The molecule has 0 radical (unpaired) electrons. The number of nitrogens with one attached hydrogen (secondary N) is 2. The van der Waals surface area contributed by atoms with Crippen molar-refractivity contribution in [2.75, 3.05) is 18.4 Å². The van der Waals surface area contributed by atoms with Gasteiger partial charge in [0, 0.05) is 11.4 Å². The van der Waals surface area contributed by atoms with Gasteiger partial charge in [0.15, 0.2) is 5.82 Å². The number of hydrogen-bond donors (Lipinski definition) is 3. The van der Waals surface area contributed by atoms with Gasteiger partial charge in [-0.05, 0) is 62.7 Å². The number of nitrogens with zero attached hydrogens (tertiary/aromatic N) is 2. The number of benzene rings is 2. The van der Waals surface area contributed by atoms with E-state index >= 15 is 0 Å². The zero-order chi connectivity index (χ0) is 17.9. The third kappa shape index (κ3) is 3.46. The van der Waals surface area contributed by atoms with Crippen molar-refractivity contribution < 1.29 is 9.50 Å². The van der Waals surface area contributed by atoms with Crippen LogP contribution in [0.5, 0.6) is 5.75 Å². The number of hydrogen-bond acceptors (Lipinski definition) is 5. The first-order valence-electron chi connectivity index (χ1n) is 8.93. The lowest BCUT2D eigenvalue weighted by Gasteiger charge is -2.18. The molecular weight excluding hydrogens is 331 g/mol. The maximum absolute atomic E-state index is 13.7. The molecule has 3 N–H and O–H groups in total. The van der Waals surface area contributed by atoms with Crippen molar-refractivity contribution in [3.8, 4) is 17.1 Å². The molecule has 0 aliphatic carbocycles. The summed E-state index contributed by atoms with van der Waals surface area (Å²) in [5.74, 6) is 0.571. The summed E-state index contributed by atoms with van der Waals surface area (Å²) in [5.41, 5.74) is 1.05. The van der Waals surface area contributed by atoms with Crippen LogP contribution in [0.25, 0.3) is 22.3 Å². The molecule has 1 unspecified atom stereocenters. The lowest BCUT2D eigenvalue weighted by molar-refractivity contribution is 0.475. The lowest BCUT2D eigenvalue weighted by Crippen LogP contribution is -2.22. The van der Waals surface area contributed by atoms with E-state index in [1.165, 1.54) is 18.2 Å². The molecule has 0 spiro atoms. The molecule has 1 aliphatic rings. The van der Waals surface area contributed by atoms with Crippen LogP contribution < -0.4 is 10.6 Å². The van der Waals surface area contributed by atoms with Gasteiger partial charge < -0.3 is 15.7 Å². The molecule has 1 saturated heterocycles. The second-order valence-electron chi connectivity index (χ2n) is 6.60. The minimum absolute atomic E-state index is 0.0358. The summed E-state index contributed by atoms with van der Waals surface area (Å²) in [7, 11) is 0. The Morgan fingerprint density at radius 3 is 2.88 bits per heavy atom. The third-order valence-electron chi connectivity index (χ3n) is 4.72. The Balaban J connectivity index is 1.79. The topological polar surface area (TPSA) is 70.1 Å². The fourth-order valence-corrected chi connectivity index (χ4v) is 3.35. The van der Waals surface area contributed by atoms with E-state index in [1.807, 2.05) is 24.3 Å². The summed E-state index contributed by atoms with van der Waals surface area (Å²) in [6, 6.07) is 11.9. The minimum atomic E-state index is -0.432. The molecular formula is C20H21FN4O. The second-order valence-corrected chi connectivity index (χ2v) is 6.60. The number of aromatic hydroxyl groups is 1. The van der Waals surface area contributed by atoms with E-state index in [9.17, 15) is 9.50 Å². The van der Waals surface area contributed by atoms with Crippen molar-refractivity contribution >= 4 is 16.7 Å². The molecule has 1 fully saturated rings. The maximum Gasteiger partial charge on any atom is 0.165 e. The fourth-order valence-electron chi connectivity index (χ4n) is 3.35. The van der Waals surface area contributed by atoms with Gasteiger partial charge in [-0.25, -0.2) is 14.4 Å². The fraction of sp³-hybridized carbons (Fsp3) is 0.300. The van der Waals surface area contributed by atoms with Gasteiger partial charge in [0.1, 0.15) is 17.4 Å². The van der Waals surface area contributed by atoms with E-state index in [-0.39, 0.29) is 5.75 Å². The molecule has 1 atom stereocenters. The molecule has 2 aromatic carbocycles. The van der Waals surface area contributed by atoms with Gasteiger partial charge in [-0.2, -0.15) is 0 Å². The molecule has 2 heterocycles. The molecule has 0 amide bonds. The Morgan fingerprint density at radius 1 is 1.08 bits per heavy atom. The van der Waals surface area contributed by atoms with Gasteiger partial charge in [0.25, 0.3) is 0 Å². The van der Waals surface area contributed by atoms with Gasteiger partial charge in [-0.3, -0.25) is 0 Å². The average molecular weight is 352 g/mol. The van der Waals surface area contributed by atoms with Crippen LogP contribution in [0.1, 0.15) is 19.3 Å². The summed E-state index contributed by atoms with van der Waals surface area (Å²) in [6.45, 7) is 2.00. The highest BCUT2D eigenvalue weighted by molar-refractivity contribution is 5.91. The number of halogens is 1. The average Bonchev–Trinajstić information content (AvgIpc) is 2.92. The van der Waals surface area contributed by atoms with E-state index < -0.39 is 5.82 Å². The van der Waals surface area contributed by atoms with E-state index in [0.29, 0.717) is 17.4 Å². The standard InChI is InChI=1S/C20H21FN4O/c21-13-7-8-18(26)16(12-13)20-24-17-6-2-1-5-15(17)19(25-20)23-14-4-3-10-22-11-9-14/h1-2,5-8,12,14,22,26H,3-4,9-11H2,(H,23,24,25). The molecule has 1 aromatic heterocycles. The van der Waals surface area contributed by atoms with E-state index in [4.69, 9.17) is 0 Å². The normalized spacial score (nSPS) is 17.8. The predicted molar refractivity (Wildman–Crippen MR) is 101 cm³/mol. The maximum atomic E-state index is 13.7. The summed E-state index contributed by atoms with van der Waals surface area (Å²) in [4.78, 5) is 9.16. The first kappa shape index (κ1) is 16.7. The van der Waals surface area contributed by atoms with Crippen LogP contribution in [-0.2, 0) is 0 Å². The van der Waals surface area contributed by atoms with Gasteiger partial charge in [0.2, 0.25) is 0 Å². The lowest BCUT2D eigenvalue weighted by atomic mass is 10.1. The smallest absolute Gasteiger partial charge is 0.165 e. The van der Waals surface area contributed by atoms with Crippen molar-refractivity contribution in [2.45, 2.75) is 25.3 Å². The first-order valence-corrected chi connectivity index (χ1v) is 8.93. The van der Waals surface area contributed by atoms with E-state index in [1.54, 1.807) is 0 Å². The molecule has 4 rings (SSSR count). The van der Waals surface area contributed by atoms with Crippen LogP contribution in [-0.4, -0.2) is 34.2 Å². The van der Waals surface area contributed by atoms with Crippen LogP contribution in [0.15, 0.2) is 42.5 Å². The van der Waals surface area contributed by atoms with E-state index in [0.717, 1.165) is 49.1 Å². The van der Waals surface area contributed by atoms with Crippen molar-refractivity contribution in [3.63, 3.8) is 0 Å². The SMILES string of the molecule is Oc1ccc(F)cc1-c1nc(NC2CCCNCC2)c2ccccc2n1. The molecule has 3 aromatic rings. The molecule has 0 bridgehead atoms. The highest BCUT2D eigenvalue weighted by atomic mass is 19.1. The molecule has 5 nitrogen and oxygen atoms in total. The van der Waals surface area contributed by atoms with Gasteiger partial charge in [-0.15, -0.1) is 0 Å². The number of phenols is 1. The van der Waals surface area contributed by atoms with Crippen molar-refractivity contribution in [1.29, 1.82) is 0 Å². The van der Waals surface area contributed by atoms with E-state index in [2.05, 4.69) is 20.6 Å². The Bertz CT molecular complexity index is 923. The summed E-state index contributed by atoms with van der Waals surface area (Å²) in [6.07, 6.45) is 3.18. The van der Waals surface area contributed by atoms with Crippen molar-refractivity contribution in [1.82, 2.24) is 15.3 Å². The van der Waals surface area contributed by atoms with Crippen LogP contribution in [0.2, 0.25) is 0 Å².